The maximum atomic E-state index is 11.8. The van der Waals surface area contributed by atoms with Crippen LogP contribution in [-0.2, 0) is 0 Å². The second kappa shape index (κ2) is 5.68. The molecule has 2 rings (SSSR count). The molecule has 1 saturated heterocycles. The highest BCUT2D eigenvalue weighted by atomic mass is 16.3. The van der Waals surface area contributed by atoms with Crippen molar-refractivity contribution in [2.45, 2.75) is 12.8 Å². The van der Waals surface area contributed by atoms with Gasteiger partial charge in [0.2, 0.25) is 0 Å². The summed E-state index contributed by atoms with van der Waals surface area (Å²) in [5.41, 5.74) is 0.508. The Balaban J connectivity index is 1.84. The highest BCUT2D eigenvalue weighted by Gasteiger charge is 2.14. The Bertz CT molecular complexity index is 387. The van der Waals surface area contributed by atoms with Crippen LogP contribution in [0.15, 0.2) is 24.3 Å². The van der Waals surface area contributed by atoms with E-state index in [1.165, 1.54) is 12.5 Å². The minimum absolute atomic E-state index is 0.119. The summed E-state index contributed by atoms with van der Waals surface area (Å²) in [5.74, 6) is 0.522. The van der Waals surface area contributed by atoms with Gasteiger partial charge in [0.15, 0.2) is 0 Å². The van der Waals surface area contributed by atoms with Gasteiger partial charge in [-0.05, 0) is 50.0 Å². The summed E-state index contributed by atoms with van der Waals surface area (Å²) in [6, 6.07) is 6.41. The molecule has 1 aliphatic rings. The molecule has 4 nitrogen and oxygen atoms in total. The van der Waals surface area contributed by atoms with Crippen molar-refractivity contribution in [3.05, 3.63) is 29.8 Å². The molecule has 1 heterocycles. The quantitative estimate of drug-likeness (QED) is 0.734. The van der Waals surface area contributed by atoms with Crippen LogP contribution in [0.1, 0.15) is 23.2 Å². The summed E-state index contributed by atoms with van der Waals surface area (Å²) >= 11 is 0. The van der Waals surface area contributed by atoms with E-state index in [-0.39, 0.29) is 11.7 Å². The number of piperidine rings is 1. The zero-order valence-corrected chi connectivity index (χ0v) is 9.78. The molecule has 0 saturated carbocycles. The van der Waals surface area contributed by atoms with Crippen LogP contribution in [0.2, 0.25) is 0 Å². The van der Waals surface area contributed by atoms with Gasteiger partial charge in [-0.2, -0.15) is 0 Å². The van der Waals surface area contributed by atoms with Crippen molar-refractivity contribution >= 4 is 5.91 Å². The zero-order chi connectivity index (χ0) is 12.1. The zero-order valence-electron chi connectivity index (χ0n) is 9.78. The lowest BCUT2D eigenvalue weighted by Crippen LogP contribution is -2.38. The summed E-state index contributed by atoms with van der Waals surface area (Å²) in [7, 11) is 0. The average Bonchev–Trinajstić information content (AvgIpc) is 2.37. The van der Waals surface area contributed by atoms with Gasteiger partial charge in [0.25, 0.3) is 5.91 Å². The largest absolute Gasteiger partial charge is 0.508 e. The minimum atomic E-state index is -0.119. The van der Waals surface area contributed by atoms with Gasteiger partial charge in [-0.25, -0.2) is 0 Å². The molecule has 3 N–H and O–H groups in total. The highest BCUT2D eigenvalue weighted by Crippen LogP contribution is 2.12. The first-order valence-electron chi connectivity index (χ1n) is 6.03. The number of amides is 1. The third kappa shape index (κ3) is 3.46. The van der Waals surface area contributed by atoms with E-state index in [9.17, 15) is 9.90 Å². The summed E-state index contributed by atoms with van der Waals surface area (Å²) in [6.45, 7) is 2.75. The van der Waals surface area contributed by atoms with Crippen molar-refractivity contribution < 1.29 is 9.90 Å². The molecule has 1 aliphatic heterocycles. The van der Waals surface area contributed by atoms with Crippen molar-refractivity contribution in [1.82, 2.24) is 10.6 Å². The maximum absolute atomic E-state index is 11.8. The fourth-order valence-electron chi connectivity index (χ4n) is 2.08. The Morgan fingerprint density at radius 2 is 2.41 bits per heavy atom. The molecule has 1 atom stereocenters. The molecule has 1 aromatic carbocycles. The third-order valence-corrected chi connectivity index (χ3v) is 3.06. The summed E-state index contributed by atoms with van der Waals surface area (Å²) < 4.78 is 0. The molecule has 0 aromatic heterocycles. The molecule has 17 heavy (non-hydrogen) atoms. The van der Waals surface area contributed by atoms with Crippen LogP contribution in [-0.4, -0.2) is 30.6 Å². The number of carbonyl (C=O) groups excluding carboxylic acids is 1. The van der Waals surface area contributed by atoms with Crippen molar-refractivity contribution in [2.24, 2.45) is 5.92 Å². The summed E-state index contributed by atoms with van der Waals surface area (Å²) in [6.07, 6.45) is 2.33. The molecule has 1 aromatic rings. The van der Waals surface area contributed by atoms with Crippen LogP contribution >= 0.6 is 0 Å². The van der Waals surface area contributed by atoms with E-state index in [2.05, 4.69) is 10.6 Å². The molecule has 4 heteroatoms. The average molecular weight is 234 g/mol. The molecule has 92 valence electrons. The molecule has 0 radical (unpaired) electrons. The second-order valence-electron chi connectivity index (χ2n) is 4.47. The smallest absolute Gasteiger partial charge is 0.251 e. The van der Waals surface area contributed by atoms with Gasteiger partial charge >= 0.3 is 0 Å². The van der Waals surface area contributed by atoms with Gasteiger partial charge in [-0.15, -0.1) is 0 Å². The van der Waals surface area contributed by atoms with E-state index < -0.39 is 0 Å². The van der Waals surface area contributed by atoms with Crippen LogP contribution in [0.5, 0.6) is 5.75 Å². The Kier molecular flexibility index (Phi) is 3.98. The fraction of sp³-hybridized carbons (Fsp3) is 0.462. The van der Waals surface area contributed by atoms with Crippen LogP contribution in [0, 0.1) is 5.92 Å². The SMILES string of the molecule is O=C(NCC1CCCNC1)c1cccc(O)c1. The lowest BCUT2D eigenvalue weighted by Gasteiger charge is -2.22. The Morgan fingerprint density at radius 3 is 3.12 bits per heavy atom. The van der Waals surface area contributed by atoms with E-state index >= 15 is 0 Å². The first kappa shape index (κ1) is 11.9. The first-order valence-corrected chi connectivity index (χ1v) is 6.03. The standard InChI is InChI=1S/C13H18N2O2/c16-12-5-1-4-11(7-12)13(17)15-9-10-3-2-6-14-8-10/h1,4-5,7,10,14,16H,2-3,6,8-9H2,(H,15,17). The normalized spacial score (nSPS) is 19.9. The number of phenols is 1. The number of phenolic OH excluding ortho intramolecular Hbond substituents is 1. The Labute approximate surface area is 101 Å². The number of benzene rings is 1. The van der Waals surface area contributed by atoms with E-state index in [1.54, 1.807) is 18.2 Å². The van der Waals surface area contributed by atoms with Gasteiger partial charge in [-0.3, -0.25) is 4.79 Å². The third-order valence-electron chi connectivity index (χ3n) is 3.06. The number of aromatic hydroxyl groups is 1. The molecule has 0 aliphatic carbocycles. The van der Waals surface area contributed by atoms with E-state index in [4.69, 9.17) is 0 Å². The number of hydrogen-bond donors (Lipinski definition) is 3. The summed E-state index contributed by atoms with van der Waals surface area (Å²) in [5, 5.41) is 15.5. The Morgan fingerprint density at radius 1 is 1.53 bits per heavy atom. The van der Waals surface area contributed by atoms with E-state index in [0.29, 0.717) is 18.0 Å². The van der Waals surface area contributed by atoms with Gasteiger partial charge < -0.3 is 15.7 Å². The first-order chi connectivity index (χ1) is 8.25. The predicted molar refractivity (Wildman–Crippen MR) is 66.0 cm³/mol. The molecule has 0 bridgehead atoms. The number of nitrogens with one attached hydrogen (secondary N) is 2. The molecule has 1 fully saturated rings. The number of rotatable bonds is 3. The molecule has 1 amide bonds. The van der Waals surface area contributed by atoms with Crippen molar-refractivity contribution in [3.63, 3.8) is 0 Å². The number of carbonyl (C=O) groups is 1. The summed E-state index contributed by atoms with van der Waals surface area (Å²) in [4.78, 5) is 11.8. The van der Waals surface area contributed by atoms with Gasteiger partial charge in [0.1, 0.15) is 5.75 Å². The van der Waals surface area contributed by atoms with Crippen LogP contribution in [0.25, 0.3) is 0 Å². The van der Waals surface area contributed by atoms with Crippen LogP contribution < -0.4 is 10.6 Å². The predicted octanol–water partition coefficient (Wildman–Crippen LogP) is 1.12. The van der Waals surface area contributed by atoms with Crippen molar-refractivity contribution in [3.8, 4) is 5.75 Å². The van der Waals surface area contributed by atoms with E-state index in [1.807, 2.05) is 0 Å². The van der Waals surface area contributed by atoms with Gasteiger partial charge in [0, 0.05) is 12.1 Å². The molecule has 1 unspecified atom stereocenters. The Hall–Kier alpha value is -1.55. The minimum Gasteiger partial charge on any atom is -0.508 e. The topological polar surface area (TPSA) is 61.4 Å². The van der Waals surface area contributed by atoms with Crippen molar-refractivity contribution in [2.75, 3.05) is 19.6 Å². The van der Waals surface area contributed by atoms with Crippen LogP contribution in [0.3, 0.4) is 0 Å². The van der Waals surface area contributed by atoms with Gasteiger partial charge in [0.05, 0.1) is 0 Å². The van der Waals surface area contributed by atoms with Crippen LogP contribution in [0.4, 0.5) is 0 Å². The molecule has 0 spiro atoms. The highest BCUT2D eigenvalue weighted by molar-refractivity contribution is 5.94. The number of hydrogen-bond acceptors (Lipinski definition) is 3. The second-order valence-corrected chi connectivity index (χ2v) is 4.47. The lowest BCUT2D eigenvalue weighted by atomic mass is 9.99. The monoisotopic (exact) mass is 234 g/mol. The van der Waals surface area contributed by atoms with Crippen molar-refractivity contribution in [1.29, 1.82) is 0 Å². The van der Waals surface area contributed by atoms with E-state index in [0.717, 1.165) is 19.5 Å². The van der Waals surface area contributed by atoms with Gasteiger partial charge in [-0.1, -0.05) is 6.07 Å². The fourth-order valence-corrected chi connectivity index (χ4v) is 2.08. The molecular formula is C13H18N2O2. The molecular weight excluding hydrogens is 216 g/mol. The maximum Gasteiger partial charge on any atom is 0.251 e. The lowest BCUT2D eigenvalue weighted by molar-refractivity contribution is 0.0944.